The molecule has 0 spiro atoms. The van der Waals surface area contributed by atoms with E-state index in [9.17, 15) is 13.2 Å². The molecule has 2 heterocycles. The molecule has 168 valence electrons. The van der Waals surface area contributed by atoms with Gasteiger partial charge in [-0.2, -0.15) is 0 Å². The first-order chi connectivity index (χ1) is 14.1. The van der Waals surface area contributed by atoms with Crippen molar-refractivity contribution in [3.8, 4) is 0 Å². The van der Waals surface area contributed by atoms with Crippen LogP contribution >= 0.6 is 0 Å². The Hall–Kier alpha value is -1.56. The van der Waals surface area contributed by atoms with Crippen molar-refractivity contribution in [1.82, 2.24) is 4.90 Å². The third kappa shape index (κ3) is 5.99. The average molecular weight is 435 g/mol. The van der Waals surface area contributed by atoms with Gasteiger partial charge in [-0.15, -0.1) is 0 Å². The molecule has 1 amide bonds. The molecule has 0 radical (unpaired) electrons. The molecule has 0 aliphatic carbocycles. The van der Waals surface area contributed by atoms with Crippen molar-refractivity contribution in [3.05, 3.63) is 29.8 Å². The van der Waals surface area contributed by atoms with Crippen LogP contribution in [0, 0.1) is 17.8 Å². The van der Waals surface area contributed by atoms with E-state index >= 15 is 0 Å². The lowest BCUT2D eigenvalue weighted by Crippen LogP contribution is -2.41. The number of carbonyl (C=O) groups is 1. The Morgan fingerprint density at radius 2 is 1.60 bits per heavy atom. The van der Waals surface area contributed by atoms with Crippen molar-refractivity contribution in [1.29, 1.82) is 0 Å². The van der Waals surface area contributed by atoms with E-state index in [1.54, 1.807) is 13.8 Å². The first kappa shape index (κ1) is 23.1. The van der Waals surface area contributed by atoms with Crippen LogP contribution in [0.4, 0.5) is 5.69 Å². The molecular weight excluding hydrogens is 396 g/mol. The number of hydrogen-bond donors (Lipinski definition) is 0. The molecule has 3 rings (SSSR count). The Bertz CT molecular complexity index is 801. The highest BCUT2D eigenvalue weighted by Gasteiger charge is 2.28. The number of benzene rings is 1. The Labute approximate surface area is 182 Å². The lowest BCUT2D eigenvalue weighted by atomic mass is 9.91. The second kappa shape index (κ2) is 9.71. The summed E-state index contributed by atoms with van der Waals surface area (Å²) >= 11 is 0. The second-order valence-electron chi connectivity index (χ2n) is 9.90. The predicted octanol–water partition coefficient (Wildman–Crippen LogP) is 3.77. The molecule has 2 saturated heterocycles. The maximum absolute atomic E-state index is 12.7. The summed E-state index contributed by atoms with van der Waals surface area (Å²) in [5.41, 5.74) is 2.29. The topological polar surface area (TPSA) is 57.7 Å². The van der Waals surface area contributed by atoms with Crippen molar-refractivity contribution >= 4 is 21.4 Å². The highest BCUT2D eigenvalue weighted by Crippen LogP contribution is 2.27. The summed E-state index contributed by atoms with van der Waals surface area (Å²) in [4.78, 5) is 17.1. The van der Waals surface area contributed by atoms with Gasteiger partial charge in [-0.1, -0.05) is 26.0 Å². The molecule has 1 aromatic rings. The van der Waals surface area contributed by atoms with Crippen LogP contribution in [-0.4, -0.2) is 56.4 Å². The number of carbonyl (C=O) groups excluding carboxylic acids is 1. The fourth-order valence-corrected chi connectivity index (χ4v) is 6.23. The van der Waals surface area contributed by atoms with E-state index in [1.807, 2.05) is 4.90 Å². The van der Waals surface area contributed by atoms with Crippen LogP contribution in [0.1, 0.15) is 52.5 Å². The summed E-state index contributed by atoms with van der Waals surface area (Å²) in [5.74, 6) is 2.01. The van der Waals surface area contributed by atoms with Gasteiger partial charge in [0, 0.05) is 31.9 Å². The lowest BCUT2D eigenvalue weighted by Gasteiger charge is -2.36. The average Bonchev–Trinajstić information content (AvgIpc) is 2.68. The molecule has 2 atom stereocenters. The number of nitrogens with zero attached hydrogens (tertiary/aromatic N) is 2. The van der Waals surface area contributed by atoms with Gasteiger partial charge in [0.2, 0.25) is 5.91 Å². The van der Waals surface area contributed by atoms with Crippen molar-refractivity contribution in [2.45, 2.75) is 58.6 Å². The summed E-state index contributed by atoms with van der Waals surface area (Å²) in [7, 11) is -3.01. The number of amides is 1. The van der Waals surface area contributed by atoms with E-state index in [-0.39, 0.29) is 22.8 Å². The van der Waals surface area contributed by atoms with Crippen molar-refractivity contribution in [3.63, 3.8) is 0 Å². The molecule has 1 aromatic carbocycles. The van der Waals surface area contributed by atoms with E-state index < -0.39 is 9.84 Å². The van der Waals surface area contributed by atoms with Crippen LogP contribution in [-0.2, 0) is 21.1 Å². The van der Waals surface area contributed by atoms with E-state index in [0.29, 0.717) is 31.3 Å². The standard InChI is InChI=1S/C24H38N2O3S/c1-18(2)30(28,29)17-22-9-11-25(12-10-22)24(27)14-21-5-7-23(8-6-21)26-15-19(3)13-20(4)16-26/h5-8,18-20,22H,9-17H2,1-4H3/t19-,20-/m1/s1. The summed E-state index contributed by atoms with van der Waals surface area (Å²) in [6.45, 7) is 11.7. The van der Waals surface area contributed by atoms with E-state index in [2.05, 4.69) is 43.0 Å². The molecule has 0 N–H and O–H groups in total. The smallest absolute Gasteiger partial charge is 0.226 e. The summed E-state index contributed by atoms with van der Waals surface area (Å²) in [6.07, 6.45) is 3.27. The molecule has 5 nitrogen and oxygen atoms in total. The highest BCUT2D eigenvalue weighted by atomic mass is 32.2. The fourth-order valence-electron chi connectivity index (χ4n) is 4.85. The Morgan fingerprint density at radius 3 is 2.13 bits per heavy atom. The van der Waals surface area contributed by atoms with Gasteiger partial charge < -0.3 is 9.80 Å². The molecule has 0 bridgehead atoms. The number of piperidine rings is 2. The maximum Gasteiger partial charge on any atom is 0.226 e. The van der Waals surface area contributed by atoms with Gasteiger partial charge in [0.15, 0.2) is 9.84 Å². The molecule has 2 fully saturated rings. The second-order valence-corrected chi connectivity index (χ2v) is 12.5. The summed E-state index contributed by atoms with van der Waals surface area (Å²) in [6, 6.07) is 8.46. The van der Waals surface area contributed by atoms with Crippen LogP contribution in [0.5, 0.6) is 0 Å². The third-order valence-corrected chi connectivity index (χ3v) is 9.05. The Morgan fingerprint density at radius 1 is 1.03 bits per heavy atom. The van der Waals surface area contributed by atoms with Gasteiger partial charge in [-0.3, -0.25) is 4.79 Å². The minimum absolute atomic E-state index is 0.146. The van der Waals surface area contributed by atoms with Gasteiger partial charge in [0.05, 0.1) is 17.4 Å². The van der Waals surface area contributed by atoms with Gasteiger partial charge in [0.25, 0.3) is 0 Å². The van der Waals surface area contributed by atoms with Gasteiger partial charge >= 0.3 is 0 Å². The molecule has 2 aliphatic rings. The molecule has 30 heavy (non-hydrogen) atoms. The summed E-state index contributed by atoms with van der Waals surface area (Å²) < 4.78 is 24.3. The van der Waals surface area contributed by atoms with E-state index in [1.165, 1.54) is 12.1 Å². The number of hydrogen-bond acceptors (Lipinski definition) is 4. The Kier molecular flexibility index (Phi) is 7.48. The number of anilines is 1. The molecule has 6 heteroatoms. The number of likely N-dealkylation sites (tertiary alicyclic amines) is 1. The SMILES string of the molecule is CC(C)S(=O)(=O)CC1CCN(C(=O)Cc2ccc(N3C[C@H](C)C[C@@H](C)C3)cc2)CC1. The molecule has 0 aromatic heterocycles. The lowest BCUT2D eigenvalue weighted by molar-refractivity contribution is -0.131. The zero-order chi connectivity index (χ0) is 21.9. The quantitative estimate of drug-likeness (QED) is 0.684. The van der Waals surface area contributed by atoms with Crippen LogP contribution in [0.15, 0.2) is 24.3 Å². The highest BCUT2D eigenvalue weighted by molar-refractivity contribution is 7.91. The van der Waals surface area contributed by atoms with Crippen LogP contribution < -0.4 is 4.90 Å². The van der Waals surface area contributed by atoms with Crippen LogP contribution in [0.2, 0.25) is 0 Å². The van der Waals surface area contributed by atoms with Crippen molar-refractivity contribution in [2.75, 3.05) is 36.8 Å². The van der Waals surface area contributed by atoms with Crippen LogP contribution in [0.25, 0.3) is 0 Å². The first-order valence-electron chi connectivity index (χ1n) is 11.5. The van der Waals surface area contributed by atoms with Crippen LogP contribution in [0.3, 0.4) is 0 Å². The van der Waals surface area contributed by atoms with Crippen molar-refractivity contribution in [2.24, 2.45) is 17.8 Å². The fraction of sp³-hybridized carbons (Fsp3) is 0.708. The maximum atomic E-state index is 12.7. The van der Waals surface area contributed by atoms with Crippen molar-refractivity contribution < 1.29 is 13.2 Å². The van der Waals surface area contributed by atoms with Gasteiger partial charge in [0.1, 0.15) is 0 Å². The van der Waals surface area contributed by atoms with Gasteiger partial charge in [-0.05, 0) is 68.6 Å². The van der Waals surface area contributed by atoms with E-state index in [0.717, 1.165) is 31.5 Å². The summed E-state index contributed by atoms with van der Waals surface area (Å²) in [5, 5.41) is -0.323. The largest absolute Gasteiger partial charge is 0.371 e. The molecular formula is C24H38N2O3S. The first-order valence-corrected chi connectivity index (χ1v) is 13.2. The predicted molar refractivity (Wildman–Crippen MR) is 124 cm³/mol. The monoisotopic (exact) mass is 434 g/mol. The zero-order valence-corrected chi connectivity index (χ0v) is 19.8. The number of rotatable bonds is 6. The minimum Gasteiger partial charge on any atom is -0.371 e. The number of sulfone groups is 1. The molecule has 0 saturated carbocycles. The third-order valence-electron chi connectivity index (χ3n) is 6.68. The molecule has 2 aliphatic heterocycles. The van der Waals surface area contributed by atoms with E-state index in [4.69, 9.17) is 0 Å². The zero-order valence-electron chi connectivity index (χ0n) is 19.0. The minimum atomic E-state index is -3.01. The molecule has 0 unspecified atom stereocenters. The normalized spacial score (nSPS) is 23.8. The Balaban J connectivity index is 1.50. The van der Waals surface area contributed by atoms with Gasteiger partial charge in [-0.25, -0.2) is 8.42 Å².